The first-order valence-electron chi connectivity index (χ1n) is 7.86. The summed E-state index contributed by atoms with van der Waals surface area (Å²) in [5.41, 5.74) is 0.335. The molecule has 0 aliphatic carbocycles. The summed E-state index contributed by atoms with van der Waals surface area (Å²) in [6.07, 6.45) is 0. The minimum Gasteiger partial charge on any atom is -0.435 e. The summed E-state index contributed by atoms with van der Waals surface area (Å²) >= 11 is 0. The van der Waals surface area contributed by atoms with Crippen LogP contribution in [0, 0.1) is 5.82 Å². The van der Waals surface area contributed by atoms with Gasteiger partial charge in [-0.05, 0) is 36.4 Å². The highest BCUT2D eigenvalue weighted by atomic mass is 32.2. The number of anilines is 1. The normalized spacial score (nSPS) is 14.7. The molecule has 1 aliphatic heterocycles. The highest BCUT2D eigenvalue weighted by Crippen LogP contribution is 2.26. The number of amides is 2. The first kappa shape index (κ1) is 19.0. The van der Waals surface area contributed by atoms with Crippen molar-refractivity contribution in [2.75, 3.05) is 18.4 Å². The number of alkyl halides is 2. The van der Waals surface area contributed by atoms with E-state index in [1.54, 1.807) is 0 Å². The van der Waals surface area contributed by atoms with Gasteiger partial charge in [-0.25, -0.2) is 17.6 Å². The summed E-state index contributed by atoms with van der Waals surface area (Å²) in [5, 5.41) is 1.64. The van der Waals surface area contributed by atoms with Gasteiger partial charge in [0.05, 0.1) is 0 Å². The van der Waals surface area contributed by atoms with Gasteiger partial charge in [-0.3, -0.25) is 0 Å². The Bertz CT molecular complexity index is 929. The van der Waals surface area contributed by atoms with Crippen molar-refractivity contribution in [3.05, 3.63) is 54.3 Å². The molecule has 0 aromatic heterocycles. The van der Waals surface area contributed by atoms with E-state index in [1.165, 1.54) is 47.4 Å². The first-order chi connectivity index (χ1) is 12.8. The number of hydrogen-bond acceptors (Lipinski definition) is 4. The number of rotatable bonds is 5. The minimum atomic E-state index is -3.87. The van der Waals surface area contributed by atoms with Crippen LogP contribution < -0.4 is 10.1 Å². The molecule has 0 radical (unpaired) electrons. The van der Waals surface area contributed by atoms with E-state index in [0.29, 0.717) is 5.69 Å². The molecule has 1 fully saturated rings. The Hall–Kier alpha value is -2.75. The SMILES string of the molecule is O=C(Nc1ccc(OC(F)F)cc1)N1CC(S(=O)(=O)c2ccccc2F)C1. The van der Waals surface area contributed by atoms with Crippen LogP contribution in [0.5, 0.6) is 5.75 Å². The molecule has 2 amide bonds. The fraction of sp³-hybridized carbons (Fsp3) is 0.235. The van der Waals surface area contributed by atoms with Gasteiger partial charge in [0, 0.05) is 18.8 Å². The maximum atomic E-state index is 13.7. The number of hydrogen-bond donors (Lipinski definition) is 1. The maximum Gasteiger partial charge on any atom is 0.387 e. The second-order valence-corrected chi connectivity index (χ2v) is 8.03. The van der Waals surface area contributed by atoms with Crippen molar-refractivity contribution in [2.45, 2.75) is 16.8 Å². The van der Waals surface area contributed by atoms with E-state index in [1.807, 2.05) is 0 Å². The van der Waals surface area contributed by atoms with E-state index in [2.05, 4.69) is 10.1 Å². The number of carbonyl (C=O) groups excluding carboxylic acids is 1. The fourth-order valence-corrected chi connectivity index (χ4v) is 4.30. The average Bonchev–Trinajstić information content (AvgIpc) is 2.54. The number of benzene rings is 2. The molecule has 6 nitrogen and oxygen atoms in total. The number of ether oxygens (including phenoxy) is 1. The Balaban J connectivity index is 1.58. The van der Waals surface area contributed by atoms with Gasteiger partial charge in [0.1, 0.15) is 21.7 Å². The largest absolute Gasteiger partial charge is 0.435 e. The number of urea groups is 1. The van der Waals surface area contributed by atoms with Gasteiger partial charge >= 0.3 is 12.6 Å². The minimum absolute atomic E-state index is 0.0528. The zero-order valence-electron chi connectivity index (χ0n) is 13.8. The van der Waals surface area contributed by atoms with E-state index in [-0.39, 0.29) is 23.7 Å². The van der Waals surface area contributed by atoms with E-state index >= 15 is 0 Å². The van der Waals surface area contributed by atoms with Crippen LogP contribution >= 0.6 is 0 Å². The standard InChI is InChI=1S/C17H15F3N2O4S/c18-14-3-1-2-4-15(14)27(24,25)13-9-22(10-13)17(23)21-11-5-7-12(8-6-11)26-16(19)20/h1-8,13,16H,9-10H2,(H,21,23). The number of nitrogens with one attached hydrogen (secondary N) is 1. The summed E-state index contributed by atoms with van der Waals surface area (Å²) in [6.45, 7) is -3.09. The molecule has 0 atom stereocenters. The number of likely N-dealkylation sites (tertiary alicyclic amines) is 1. The monoisotopic (exact) mass is 400 g/mol. The molecule has 10 heteroatoms. The highest BCUT2D eigenvalue weighted by molar-refractivity contribution is 7.92. The lowest BCUT2D eigenvalue weighted by Gasteiger charge is -2.38. The molecule has 1 saturated heterocycles. The lowest BCUT2D eigenvalue weighted by Crippen LogP contribution is -2.58. The number of carbonyl (C=O) groups is 1. The summed E-state index contributed by atoms with van der Waals surface area (Å²) in [6, 6.07) is 9.83. The number of sulfone groups is 1. The third-order valence-corrected chi connectivity index (χ3v) is 6.17. The van der Waals surface area contributed by atoms with Gasteiger partial charge in [-0.1, -0.05) is 12.1 Å². The lowest BCUT2D eigenvalue weighted by molar-refractivity contribution is -0.0498. The van der Waals surface area contributed by atoms with E-state index in [4.69, 9.17) is 0 Å². The van der Waals surface area contributed by atoms with Crippen LogP contribution in [-0.4, -0.2) is 44.3 Å². The summed E-state index contributed by atoms with van der Waals surface area (Å²) in [4.78, 5) is 13.0. The second kappa shape index (κ2) is 7.47. The Morgan fingerprint density at radius 2 is 1.74 bits per heavy atom. The maximum absolute atomic E-state index is 13.7. The topological polar surface area (TPSA) is 75.7 Å². The third kappa shape index (κ3) is 4.16. The molecule has 0 unspecified atom stereocenters. The van der Waals surface area contributed by atoms with Gasteiger partial charge in [-0.2, -0.15) is 8.78 Å². The van der Waals surface area contributed by atoms with Crippen molar-refractivity contribution in [3.8, 4) is 5.75 Å². The van der Waals surface area contributed by atoms with Crippen LogP contribution in [0.3, 0.4) is 0 Å². The molecular formula is C17H15F3N2O4S. The molecule has 0 saturated carbocycles. The van der Waals surface area contributed by atoms with E-state index in [0.717, 1.165) is 6.07 Å². The first-order valence-corrected chi connectivity index (χ1v) is 9.41. The zero-order valence-corrected chi connectivity index (χ0v) is 14.6. The van der Waals surface area contributed by atoms with Crippen LogP contribution in [-0.2, 0) is 9.84 Å². The van der Waals surface area contributed by atoms with Gasteiger partial charge in [0.25, 0.3) is 0 Å². The third-order valence-electron chi connectivity index (χ3n) is 4.05. The van der Waals surface area contributed by atoms with Crippen LogP contribution in [0.2, 0.25) is 0 Å². The van der Waals surface area contributed by atoms with Gasteiger partial charge in [0.15, 0.2) is 9.84 Å². The molecule has 144 valence electrons. The Kier molecular flexibility index (Phi) is 5.26. The molecule has 0 bridgehead atoms. The summed E-state index contributed by atoms with van der Waals surface area (Å²) in [5.74, 6) is -0.880. The summed E-state index contributed by atoms with van der Waals surface area (Å²) < 4.78 is 67.0. The molecule has 3 rings (SSSR count). The van der Waals surface area contributed by atoms with Gasteiger partial charge in [0.2, 0.25) is 0 Å². The number of halogens is 3. The van der Waals surface area contributed by atoms with E-state index < -0.39 is 33.5 Å². The van der Waals surface area contributed by atoms with Crippen LogP contribution in [0.1, 0.15) is 0 Å². The molecule has 1 aliphatic rings. The Morgan fingerprint density at radius 3 is 2.33 bits per heavy atom. The zero-order chi connectivity index (χ0) is 19.6. The molecule has 1 heterocycles. The predicted molar refractivity (Wildman–Crippen MR) is 91.0 cm³/mol. The fourth-order valence-electron chi connectivity index (χ4n) is 2.58. The summed E-state index contributed by atoms with van der Waals surface area (Å²) in [7, 11) is -3.87. The molecule has 2 aromatic carbocycles. The van der Waals surface area contributed by atoms with Crippen molar-refractivity contribution in [2.24, 2.45) is 0 Å². The Labute approximate surface area is 153 Å². The average molecular weight is 400 g/mol. The van der Waals surface area contributed by atoms with Gasteiger partial charge < -0.3 is 15.0 Å². The quantitative estimate of drug-likeness (QED) is 0.837. The molecule has 2 aromatic rings. The predicted octanol–water partition coefficient (Wildman–Crippen LogP) is 3.12. The van der Waals surface area contributed by atoms with Crippen LogP contribution in [0.15, 0.2) is 53.4 Å². The molecule has 0 spiro atoms. The lowest BCUT2D eigenvalue weighted by atomic mass is 10.2. The van der Waals surface area contributed by atoms with Crippen LogP contribution in [0.25, 0.3) is 0 Å². The van der Waals surface area contributed by atoms with Crippen LogP contribution in [0.4, 0.5) is 23.7 Å². The molecule has 1 N–H and O–H groups in total. The van der Waals surface area contributed by atoms with Crippen molar-refractivity contribution in [3.63, 3.8) is 0 Å². The Morgan fingerprint density at radius 1 is 1.11 bits per heavy atom. The molecule has 27 heavy (non-hydrogen) atoms. The van der Waals surface area contributed by atoms with Gasteiger partial charge in [-0.15, -0.1) is 0 Å². The second-order valence-electron chi connectivity index (χ2n) is 5.84. The van der Waals surface area contributed by atoms with Crippen molar-refractivity contribution >= 4 is 21.6 Å². The van der Waals surface area contributed by atoms with E-state index in [9.17, 15) is 26.4 Å². The van der Waals surface area contributed by atoms with Crippen molar-refractivity contribution in [1.29, 1.82) is 0 Å². The number of nitrogens with zero attached hydrogens (tertiary/aromatic N) is 1. The van der Waals surface area contributed by atoms with Crippen molar-refractivity contribution in [1.82, 2.24) is 4.90 Å². The smallest absolute Gasteiger partial charge is 0.387 e. The highest BCUT2D eigenvalue weighted by Gasteiger charge is 2.41. The van der Waals surface area contributed by atoms with Crippen molar-refractivity contribution < 1.29 is 31.1 Å². The molecular weight excluding hydrogens is 385 g/mol.